The molecule has 0 aliphatic carbocycles. The van der Waals surface area contributed by atoms with Crippen molar-refractivity contribution in [3.63, 3.8) is 0 Å². The van der Waals surface area contributed by atoms with E-state index in [0.29, 0.717) is 31.0 Å². The van der Waals surface area contributed by atoms with E-state index in [1.165, 1.54) is 0 Å². The number of carbonyl (C=O) groups excluding carboxylic acids is 2. The first kappa shape index (κ1) is 16.2. The Labute approximate surface area is 140 Å². The van der Waals surface area contributed by atoms with Gasteiger partial charge in [0, 0.05) is 18.7 Å². The number of aryl methyl sites for hydroxylation is 2. The van der Waals surface area contributed by atoms with Crippen LogP contribution < -0.4 is 5.32 Å². The lowest BCUT2D eigenvalue weighted by Crippen LogP contribution is -2.42. The van der Waals surface area contributed by atoms with Crippen molar-refractivity contribution < 1.29 is 14.1 Å². The SMILES string of the molecule is Cc1noc(C)c1CC(=O)N[C@H]1CCN(Cc2ccccc2)C1=O. The zero-order valence-electron chi connectivity index (χ0n) is 13.9. The molecule has 1 aliphatic heterocycles. The molecule has 0 spiro atoms. The summed E-state index contributed by atoms with van der Waals surface area (Å²) in [6.07, 6.45) is 0.822. The first-order valence-electron chi connectivity index (χ1n) is 8.08. The standard InChI is InChI=1S/C18H21N3O3/c1-12-15(13(2)24-20-12)10-17(22)19-16-8-9-21(18(16)23)11-14-6-4-3-5-7-14/h3-7,16H,8-11H2,1-2H3,(H,19,22)/t16-/m0/s1. The van der Waals surface area contributed by atoms with Gasteiger partial charge in [-0.15, -0.1) is 0 Å². The molecule has 24 heavy (non-hydrogen) atoms. The average molecular weight is 327 g/mol. The summed E-state index contributed by atoms with van der Waals surface area (Å²) in [6, 6.07) is 9.42. The molecular weight excluding hydrogens is 306 g/mol. The van der Waals surface area contributed by atoms with E-state index < -0.39 is 6.04 Å². The number of rotatable bonds is 5. The summed E-state index contributed by atoms with van der Waals surface area (Å²) in [6.45, 7) is 4.83. The van der Waals surface area contributed by atoms with Crippen molar-refractivity contribution >= 4 is 11.8 Å². The van der Waals surface area contributed by atoms with Gasteiger partial charge in [-0.05, 0) is 25.8 Å². The molecule has 1 fully saturated rings. The number of aromatic nitrogens is 1. The van der Waals surface area contributed by atoms with Crippen LogP contribution in [0.25, 0.3) is 0 Å². The van der Waals surface area contributed by atoms with Gasteiger partial charge in [0.25, 0.3) is 0 Å². The zero-order chi connectivity index (χ0) is 17.1. The van der Waals surface area contributed by atoms with Crippen LogP contribution in [0.15, 0.2) is 34.9 Å². The second-order valence-electron chi connectivity index (χ2n) is 6.13. The monoisotopic (exact) mass is 327 g/mol. The molecule has 2 heterocycles. The first-order chi connectivity index (χ1) is 11.5. The van der Waals surface area contributed by atoms with Crippen LogP contribution in [0.2, 0.25) is 0 Å². The molecule has 2 amide bonds. The third-order valence-corrected chi connectivity index (χ3v) is 4.37. The molecular formula is C18H21N3O3. The fourth-order valence-corrected chi connectivity index (χ4v) is 2.99. The highest BCUT2D eigenvalue weighted by Gasteiger charge is 2.32. The second kappa shape index (κ2) is 6.86. The summed E-state index contributed by atoms with van der Waals surface area (Å²) in [5.74, 6) is 0.446. The summed E-state index contributed by atoms with van der Waals surface area (Å²) >= 11 is 0. The van der Waals surface area contributed by atoms with Crippen molar-refractivity contribution in [2.75, 3.05) is 6.54 Å². The average Bonchev–Trinajstić information content (AvgIpc) is 3.07. The molecule has 0 radical (unpaired) electrons. The lowest BCUT2D eigenvalue weighted by Gasteiger charge is -2.17. The van der Waals surface area contributed by atoms with Crippen molar-refractivity contribution in [3.8, 4) is 0 Å². The Bertz CT molecular complexity index is 720. The van der Waals surface area contributed by atoms with Crippen LogP contribution in [0, 0.1) is 13.8 Å². The maximum atomic E-state index is 12.5. The number of nitrogens with zero attached hydrogens (tertiary/aromatic N) is 2. The molecule has 1 saturated heterocycles. The molecule has 126 valence electrons. The molecule has 1 N–H and O–H groups in total. The maximum absolute atomic E-state index is 12.5. The van der Waals surface area contributed by atoms with Crippen LogP contribution in [0.5, 0.6) is 0 Å². The van der Waals surface area contributed by atoms with Gasteiger partial charge < -0.3 is 14.7 Å². The van der Waals surface area contributed by atoms with E-state index in [-0.39, 0.29) is 18.2 Å². The van der Waals surface area contributed by atoms with Crippen LogP contribution in [0.4, 0.5) is 0 Å². The zero-order valence-corrected chi connectivity index (χ0v) is 13.9. The third kappa shape index (κ3) is 3.48. The van der Waals surface area contributed by atoms with Crippen LogP contribution in [-0.4, -0.2) is 34.5 Å². The molecule has 1 aromatic carbocycles. The van der Waals surface area contributed by atoms with Crippen LogP contribution in [-0.2, 0) is 22.6 Å². The number of hydrogen-bond donors (Lipinski definition) is 1. The van der Waals surface area contributed by atoms with E-state index in [2.05, 4.69) is 10.5 Å². The molecule has 2 aromatic rings. The topological polar surface area (TPSA) is 75.4 Å². The van der Waals surface area contributed by atoms with Crippen molar-refractivity contribution in [2.45, 2.75) is 39.3 Å². The fraction of sp³-hybridized carbons (Fsp3) is 0.389. The summed E-state index contributed by atoms with van der Waals surface area (Å²) in [7, 11) is 0. The van der Waals surface area contributed by atoms with E-state index in [1.54, 1.807) is 18.7 Å². The second-order valence-corrected chi connectivity index (χ2v) is 6.13. The van der Waals surface area contributed by atoms with Gasteiger partial charge in [0.15, 0.2) is 0 Å². The molecule has 6 heteroatoms. The van der Waals surface area contributed by atoms with Gasteiger partial charge in [-0.2, -0.15) is 0 Å². The molecule has 6 nitrogen and oxygen atoms in total. The summed E-state index contributed by atoms with van der Waals surface area (Å²) in [5.41, 5.74) is 2.60. The lowest BCUT2D eigenvalue weighted by atomic mass is 10.1. The number of hydrogen-bond acceptors (Lipinski definition) is 4. The number of likely N-dealkylation sites (tertiary alicyclic amines) is 1. The minimum Gasteiger partial charge on any atom is -0.361 e. The minimum atomic E-state index is -0.443. The first-order valence-corrected chi connectivity index (χ1v) is 8.08. The van der Waals surface area contributed by atoms with Crippen molar-refractivity contribution in [3.05, 3.63) is 52.9 Å². The van der Waals surface area contributed by atoms with E-state index in [1.807, 2.05) is 30.3 Å². The highest BCUT2D eigenvalue weighted by atomic mass is 16.5. The van der Waals surface area contributed by atoms with E-state index in [9.17, 15) is 9.59 Å². The summed E-state index contributed by atoms with van der Waals surface area (Å²) in [4.78, 5) is 26.5. The Morgan fingerprint density at radius 2 is 2.08 bits per heavy atom. The quantitative estimate of drug-likeness (QED) is 0.908. The normalized spacial score (nSPS) is 17.3. The minimum absolute atomic E-state index is 0.0223. The largest absolute Gasteiger partial charge is 0.361 e. The number of amides is 2. The molecule has 1 aliphatic rings. The molecule has 0 bridgehead atoms. The predicted octanol–water partition coefficient (Wildman–Crippen LogP) is 1.75. The predicted molar refractivity (Wildman–Crippen MR) is 88.1 cm³/mol. The fourth-order valence-electron chi connectivity index (χ4n) is 2.99. The Morgan fingerprint density at radius 3 is 2.75 bits per heavy atom. The summed E-state index contributed by atoms with van der Waals surface area (Å²) in [5, 5.41) is 6.68. The van der Waals surface area contributed by atoms with Crippen molar-refractivity contribution in [2.24, 2.45) is 0 Å². The van der Waals surface area contributed by atoms with Gasteiger partial charge in [0.1, 0.15) is 11.8 Å². The third-order valence-electron chi connectivity index (χ3n) is 4.37. The number of benzene rings is 1. The number of carbonyl (C=O) groups is 2. The van der Waals surface area contributed by atoms with Gasteiger partial charge in [-0.1, -0.05) is 35.5 Å². The van der Waals surface area contributed by atoms with Crippen LogP contribution in [0.1, 0.15) is 29.0 Å². The Hall–Kier alpha value is -2.63. The van der Waals surface area contributed by atoms with Gasteiger partial charge in [0.2, 0.25) is 11.8 Å². The molecule has 0 saturated carbocycles. The molecule has 3 rings (SSSR count). The Morgan fingerprint density at radius 1 is 1.33 bits per heavy atom. The van der Waals surface area contributed by atoms with E-state index in [4.69, 9.17) is 4.52 Å². The molecule has 1 aromatic heterocycles. The highest BCUT2D eigenvalue weighted by Crippen LogP contribution is 2.16. The van der Waals surface area contributed by atoms with Crippen molar-refractivity contribution in [1.82, 2.24) is 15.4 Å². The smallest absolute Gasteiger partial charge is 0.245 e. The van der Waals surface area contributed by atoms with Gasteiger partial charge >= 0.3 is 0 Å². The molecule has 1 atom stereocenters. The Balaban J connectivity index is 1.56. The molecule has 0 unspecified atom stereocenters. The summed E-state index contributed by atoms with van der Waals surface area (Å²) < 4.78 is 5.07. The van der Waals surface area contributed by atoms with Crippen molar-refractivity contribution in [1.29, 1.82) is 0 Å². The Kier molecular flexibility index (Phi) is 4.64. The highest BCUT2D eigenvalue weighted by molar-refractivity contribution is 5.89. The van der Waals surface area contributed by atoms with E-state index in [0.717, 1.165) is 11.1 Å². The van der Waals surface area contributed by atoms with Gasteiger partial charge in [0.05, 0.1) is 12.1 Å². The van der Waals surface area contributed by atoms with Gasteiger partial charge in [-0.3, -0.25) is 9.59 Å². The maximum Gasteiger partial charge on any atom is 0.245 e. The lowest BCUT2D eigenvalue weighted by molar-refractivity contribution is -0.132. The number of nitrogens with one attached hydrogen (secondary N) is 1. The van der Waals surface area contributed by atoms with Crippen LogP contribution in [0.3, 0.4) is 0 Å². The van der Waals surface area contributed by atoms with Gasteiger partial charge in [-0.25, -0.2) is 0 Å². The van der Waals surface area contributed by atoms with Crippen LogP contribution >= 0.6 is 0 Å². The van der Waals surface area contributed by atoms with E-state index >= 15 is 0 Å².